The molecule has 0 radical (unpaired) electrons. The fraction of sp³-hybridized carbons (Fsp3) is 0.500. The zero-order valence-electron chi connectivity index (χ0n) is 42.7. The molecule has 0 spiro atoms. The summed E-state index contributed by atoms with van der Waals surface area (Å²) in [6.07, 6.45) is 0.766. The van der Waals surface area contributed by atoms with Gasteiger partial charge in [-0.25, -0.2) is 0 Å². The summed E-state index contributed by atoms with van der Waals surface area (Å²) in [5.41, 5.74) is 18.2. The minimum Gasteiger partial charge on any atom is -0.480 e. The molecular weight excluding hydrogens is 977 g/mol. The van der Waals surface area contributed by atoms with Gasteiger partial charge in [-0.15, -0.1) is 0 Å². The van der Waals surface area contributed by atoms with Crippen LogP contribution in [0.5, 0.6) is 0 Å². The Morgan fingerprint density at radius 3 is 1.73 bits per heavy atom. The molecule has 2 aromatic carbocycles. The molecule has 0 aliphatic carbocycles. The maximum Gasteiger partial charge on any atom is 0.322 e. The van der Waals surface area contributed by atoms with Gasteiger partial charge in [-0.3, -0.25) is 52.7 Å². The molecule has 75 heavy (non-hydrogen) atoms. The predicted molar refractivity (Wildman–Crippen MR) is 273 cm³/mol. The van der Waals surface area contributed by atoms with E-state index in [9.17, 15) is 63.0 Å². The number of para-hydroxylation sites is 1. The molecule has 10 amide bonds. The van der Waals surface area contributed by atoms with Crippen molar-refractivity contribution >= 4 is 75.9 Å². The maximum atomic E-state index is 14.4. The highest BCUT2D eigenvalue weighted by Crippen LogP contribution is 2.20. The van der Waals surface area contributed by atoms with Crippen molar-refractivity contribution in [2.75, 3.05) is 13.2 Å². The molecule has 9 atom stereocenters. The van der Waals surface area contributed by atoms with Crippen molar-refractivity contribution in [2.24, 2.45) is 29.0 Å². The minimum atomic E-state index is -1.69. The second-order valence-corrected chi connectivity index (χ2v) is 18.7. The standard InChI is InChI=1S/C50H72N12O13/c1-6-27(4)42(62-48(73)35(20-26(2)3)58-46(71)34(17-19-40(53)65)57-43(68)28(5)56-44(69)32(51)16-18-39(52)64)50(75)60-36(21-29-12-8-7-9-13-29)47(72)61-38(25-63)49(74)59-37(45(70)55-24-41(66)67)22-30-23-54-33-15-11-10-14-31(30)33/h7-15,23,26-28,32,34-38,42,54,63H,6,16-22,24-25,51H2,1-5H3,(H2,52,64)(H2,53,65)(H,55,70)(H,56,69)(H,57,68)(H,58,71)(H,59,74)(H,60,75)(H,61,72)(H,62,73)(H,66,67)/t27-,28-,32-,34-,35-,36-,37-,38-,42-/m0/s1. The van der Waals surface area contributed by atoms with Gasteiger partial charge in [0.1, 0.15) is 48.8 Å². The lowest BCUT2D eigenvalue weighted by atomic mass is 9.95. The van der Waals surface area contributed by atoms with Crippen LogP contribution in [-0.2, 0) is 65.6 Å². The van der Waals surface area contributed by atoms with E-state index in [-0.39, 0.29) is 50.9 Å². The molecule has 410 valence electrons. The van der Waals surface area contributed by atoms with Crippen molar-refractivity contribution in [1.29, 1.82) is 0 Å². The zero-order valence-corrected chi connectivity index (χ0v) is 42.7. The van der Waals surface area contributed by atoms with Gasteiger partial charge < -0.3 is 74.9 Å². The van der Waals surface area contributed by atoms with Gasteiger partial charge in [0.25, 0.3) is 0 Å². The summed E-state index contributed by atoms with van der Waals surface area (Å²) >= 11 is 0. The second-order valence-electron chi connectivity index (χ2n) is 18.7. The van der Waals surface area contributed by atoms with E-state index in [1.54, 1.807) is 88.5 Å². The Morgan fingerprint density at radius 1 is 0.587 bits per heavy atom. The number of aromatic nitrogens is 1. The third-order valence-electron chi connectivity index (χ3n) is 12.1. The molecule has 0 saturated heterocycles. The Labute approximate surface area is 433 Å². The average Bonchev–Trinajstić information content (AvgIpc) is 3.77. The van der Waals surface area contributed by atoms with Crippen molar-refractivity contribution in [3.05, 3.63) is 71.9 Å². The minimum absolute atomic E-state index is 0.0199. The highest BCUT2D eigenvalue weighted by molar-refractivity contribution is 5.98. The van der Waals surface area contributed by atoms with Gasteiger partial charge in [-0.05, 0) is 55.2 Å². The number of aliphatic carboxylic acids is 1. The number of carbonyl (C=O) groups is 11. The number of rotatable bonds is 32. The lowest BCUT2D eigenvalue weighted by Crippen LogP contribution is -2.62. The van der Waals surface area contributed by atoms with Crippen LogP contribution < -0.4 is 59.7 Å². The summed E-state index contributed by atoms with van der Waals surface area (Å²) in [7, 11) is 0. The van der Waals surface area contributed by atoms with Crippen molar-refractivity contribution in [3.8, 4) is 0 Å². The van der Waals surface area contributed by atoms with Crippen LogP contribution in [0.3, 0.4) is 0 Å². The summed E-state index contributed by atoms with van der Waals surface area (Å²) in [5.74, 6) is -10.6. The molecule has 1 aromatic heterocycles. The zero-order chi connectivity index (χ0) is 55.9. The summed E-state index contributed by atoms with van der Waals surface area (Å²) in [4.78, 5) is 147. The molecule has 25 heteroatoms. The Kier molecular flexibility index (Phi) is 24.8. The maximum absolute atomic E-state index is 14.4. The topological polar surface area (TPSA) is 418 Å². The fourth-order valence-corrected chi connectivity index (χ4v) is 7.67. The highest BCUT2D eigenvalue weighted by atomic mass is 16.4. The summed E-state index contributed by atoms with van der Waals surface area (Å²) in [6, 6.07) is 4.56. The number of hydrogen-bond donors (Lipinski definition) is 14. The van der Waals surface area contributed by atoms with Gasteiger partial charge in [-0.1, -0.05) is 82.6 Å². The number of primary amides is 2. The first kappa shape index (κ1) is 61.4. The molecule has 1 heterocycles. The van der Waals surface area contributed by atoms with E-state index in [1.807, 2.05) is 0 Å². The first-order valence-corrected chi connectivity index (χ1v) is 24.6. The number of amides is 10. The van der Waals surface area contributed by atoms with Crippen molar-refractivity contribution in [2.45, 2.75) is 134 Å². The Hall–Kier alpha value is -7.93. The van der Waals surface area contributed by atoms with E-state index in [0.717, 1.165) is 10.9 Å². The largest absolute Gasteiger partial charge is 0.480 e. The molecule has 3 rings (SSSR count). The molecular formula is C50H72N12O13. The predicted octanol–water partition coefficient (Wildman–Crippen LogP) is -2.49. The van der Waals surface area contributed by atoms with Crippen LogP contribution >= 0.6 is 0 Å². The van der Waals surface area contributed by atoms with Crippen LogP contribution in [0.15, 0.2) is 60.8 Å². The lowest BCUT2D eigenvalue weighted by Gasteiger charge is -2.30. The summed E-state index contributed by atoms with van der Waals surface area (Å²) < 4.78 is 0. The number of aliphatic hydroxyl groups excluding tert-OH is 1. The molecule has 0 saturated carbocycles. The number of carboxylic acids is 1. The van der Waals surface area contributed by atoms with Crippen molar-refractivity contribution < 1.29 is 63.0 Å². The quantitative estimate of drug-likeness (QED) is 0.0308. The van der Waals surface area contributed by atoms with E-state index in [4.69, 9.17) is 17.2 Å². The first-order valence-electron chi connectivity index (χ1n) is 24.6. The van der Waals surface area contributed by atoms with E-state index in [1.165, 1.54) is 6.92 Å². The van der Waals surface area contributed by atoms with Gasteiger partial charge in [0.15, 0.2) is 0 Å². The van der Waals surface area contributed by atoms with Crippen LogP contribution in [-0.4, -0.2) is 142 Å². The van der Waals surface area contributed by atoms with E-state index >= 15 is 0 Å². The van der Waals surface area contributed by atoms with E-state index < -0.39 is 132 Å². The average molecular weight is 1050 g/mol. The van der Waals surface area contributed by atoms with Gasteiger partial charge >= 0.3 is 5.97 Å². The lowest BCUT2D eigenvalue weighted by molar-refractivity contribution is -0.138. The van der Waals surface area contributed by atoms with E-state index in [0.29, 0.717) is 17.5 Å². The first-order chi connectivity index (χ1) is 35.4. The van der Waals surface area contributed by atoms with Gasteiger partial charge in [0, 0.05) is 42.8 Å². The van der Waals surface area contributed by atoms with Gasteiger partial charge in [-0.2, -0.15) is 0 Å². The molecule has 17 N–H and O–H groups in total. The number of aromatic amines is 1. The smallest absolute Gasteiger partial charge is 0.322 e. The normalized spacial score (nSPS) is 14.7. The number of H-pyrrole nitrogens is 1. The number of nitrogens with two attached hydrogens (primary N) is 3. The summed E-state index contributed by atoms with van der Waals surface area (Å²) in [5, 5.41) is 40.4. The third kappa shape index (κ3) is 20.5. The molecule has 0 aliphatic rings. The molecule has 0 bridgehead atoms. The third-order valence-corrected chi connectivity index (χ3v) is 12.1. The van der Waals surface area contributed by atoms with Crippen LogP contribution in [0.25, 0.3) is 10.9 Å². The van der Waals surface area contributed by atoms with Gasteiger partial charge in [0.05, 0.1) is 12.6 Å². The molecule has 0 aliphatic heterocycles. The van der Waals surface area contributed by atoms with Crippen LogP contribution in [0.4, 0.5) is 0 Å². The number of fused-ring (bicyclic) bond motifs is 1. The molecule has 0 unspecified atom stereocenters. The van der Waals surface area contributed by atoms with Gasteiger partial charge in [0.2, 0.25) is 59.1 Å². The number of carbonyl (C=O) groups excluding carboxylic acids is 10. The number of nitrogens with one attached hydrogen (secondary N) is 9. The Morgan fingerprint density at radius 2 is 1.12 bits per heavy atom. The number of benzene rings is 2. The van der Waals surface area contributed by atoms with E-state index in [2.05, 4.69) is 47.5 Å². The van der Waals surface area contributed by atoms with Crippen molar-refractivity contribution in [1.82, 2.24) is 47.5 Å². The SMILES string of the molecule is CC[C@H](C)[C@H](NC(=O)[C@H](CC(C)C)NC(=O)[C@H](CCC(N)=O)NC(=O)[C@H](C)NC(=O)[C@@H](N)CCC(N)=O)C(=O)N[C@@H](Cc1ccccc1)C(=O)N[C@@H](CO)C(=O)N[C@@H](Cc1c[nH]c2ccccc12)C(=O)NCC(=O)O. The monoisotopic (exact) mass is 1050 g/mol. The fourth-order valence-electron chi connectivity index (χ4n) is 7.67. The Bertz CT molecular complexity index is 2490. The summed E-state index contributed by atoms with van der Waals surface area (Å²) in [6.45, 7) is 6.53. The molecule has 3 aromatic rings. The second kappa shape index (κ2) is 30.3. The number of carboxylic acid groups (broad SMARTS) is 1. The highest BCUT2D eigenvalue weighted by Gasteiger charge is 2.36. The van der Waals surface area contributed by atoms with Crippen LogP contribution in [0.2, 0.25) is 0 Å². The molecule has 0 fully saturated rings. The Balaban J connectivity index is 1.86. The number of hydrogen-bond acceptors (Lipinski definition) is 13. The van der Waals surface area contributed by atoms with Crippen LogP contribution in [0, 0.1) is 11.8 Å². The van der Waals surface area contributed by atoms with Crippen molar-refractivity contribution in [3.63, 3.8) is 0 Å². The number of aliphatic hydroxyl groups is 1. The molecule has 25 nitrogen and oxygen atoms in total. The van der Waals surface area contributed by atoms with Crippen LogP contribution in [0.1, 0.15) is 84.3 Å².